The van der Waals surface area contributed by atoms with E-state index < -0.39 is 0 Å². The molecule has 0 saturated carbocycles. The average molecular weight is 252 g/mol. The van der Waals surface area contributed by atoms with Crippen LogP contribution in [0.2, 0.25) is 0 Å². The van der Waals surface area contributed by atoms with Crippen LogP contribution in [0.4, 0.5) is 11.4 Å². The fourth-order valence-corrected chi connectivity index (χ4v) is 1.50. The van der Waals surface area contributed by atoms with Crippen LogP contribution < -0.4 is 15.8 Å². The van der Waals surface area contributed by atoms with E-state index in [-0.39, 0.29) is 5.97 Å². The van der Waals surface area contributed by atoms with Gasteiger partial charge in [-0.2, -0.15) is 0 Å². The number of hydrogen-bond donors (Lipinski definition) is 2. The Morgan fingerprint density at radius 2 is 2.22 bits per heavy atom. The van der Waals surface area contributed by atoms with Crippen LogP contribution in [0.3, 0.4) is 0 Å². The second kappa shape index (κ2) is 7.42. The van der Waals surface area contributed by atoms with E-state index in [1.54, 1.807) is 26.2 Å². The molecule has 0 radical (unpaired) electrons. The van der Waals surface area contributed by atoms with Gasteiger partial charge in [0.25, 0.3) is 0 Å². The summed E-state index contributed by atoms with van der Waals surface area (Å²) in [5, 5.41) is 3.17. The summed E-state index contributed by atoms with van der Waals surface area (Å²) in [6.07, 6.45) is 1.11. The Morgan fingerprint density at radius 1 is 1.44 bits per heavy atom. The second-order valence-corrected chi connectivity index (χ2v) is 3.79. The highest BCUT2D eigenvalue weighted by Gasteiger charge is 2.03. The summed E-state index contributed by atoms with van der Waals surface area (Å²) in [6.45, 7) is 2.89. The number of carbonyl (C=O) groups is 1. The molecule has 0 fully saturated rings. The highest BCUT2D eigenvalue weighted by Crippen LogP contribution is 2.24. The van der Waals surface area contributed by atoms with Gasteiger partial charge in [0.1, 0.15) is 5.75 Å². The van der Waals surface area contributed by atoms with Gasteiger partial charge >= 0.3 is 5.97 Å². The molecule has 0 aromatic heterocycles. The summed E-state index contributed by atoms with van der Waals surface area (Å²) in [7, 11) is 1.61. The topological polar surface area (TPSA) is 73.6 Å². The number of ether oxygens (including phenoxy) is 2. The minimum atomic E-state index is -0.169. The Kier molecular flexibility index (Phi) is 5.84. The zero-order chi connectivity index (χ0) is 13.4. The predicted octanol–water partition coefficient (Wildman–Crippen LogP) is 2.03. The lowest BCUT2D eigenvalue weighted by molar-refractivity contribution is -0.143. The van der Waals surface area contributed by atoms with E-state index in [1.165, 1.54) is 0 Å². The van der Waals surface area contributed by atoms with E-state index in [1.807, 2.05) is 6.07 Å². The minimum Gasteiger partial charge on any atom is -0.497 e. The Bertz CT molecular complexity index is 394. The van der Waals surface area contributed by atoms with E-state index in [4.69, 9.17) is 15.2 Å². The van der Waals surface area contributed by atoms with E-state index in [0.29, 0.717) is 31.7 Å². The third-order valence-electron chi connectivity index (χ3n) is 2.44. The zero-order valence-electron chi connectivity index (χ0n) is 10.9. The van der Waals surface area contributed by atoms with Gasteiger partial charge in [-0.05, 0) is 25.5 Å². The second-order valence-electron chi connectivity index (χ2n) is 3.79. The minimum absolute atomic E-state index is 0.169. The summed E-state index contributed by atoms with van der Waals surface area (Å²) in [6, 6.07) is 5.42. The fourth-order valence-electron chi connectivity index (χ4n) is 1.50. The SMILES string of the molecule is CCOC(=O)CCCNc1cc(OC)ccc1N. The maximum absolute atomic E-state index is 11.1. The third-order valence-corrected chi connectivity index (χ3v) is 2.44. The maximum atomic E-state index is 11.1. The lowest BCUT2D eigenvalue weighted by Crippen LogP contribution is -2.09. The lowest BCUT2D eigenvalue weighted by atomic mass is 10.2. The number of rotatable bonds is 7. The number of carbonyl (C=O) groups excluding carboxylic acids is 1. The standard InChI is InChI=1S/C13H20N2O3/c1-3-18-13(16)5-4-8-15-12-9-10(17-2)6-7-11(12)14/h6-7,9,15H,3-5,8,14H2,1-2H3. The molecule has 5 heteroatoms. The van der Waals surface area contributed by atoms with Gasteiger partial charge in [0.2, 0.25) is 0 Å². The van der Waals surface area contributed by atoms with Gasteiger partial charge in [0.15, 0.2) is 0 Å². The highest BCUT2D eigenvalue weighted by atomic mass is 16.5. The van der Waals surface area contributed by atoms with Crippen LogP contribution in [0, 0.1) is 0 Å². The molecule has 1 rings (SSSR count). The van der Waals surface area contributed by atoms with Crippen LogP contribution in [-0.4, -0.2) is 26.2 Å². The number of methoxy groups -OCH3 is 1. The molecule has 0 aliphatic carbocycles. The number of nitrogens with one attached hydrogen (secondary N) is 1. The number of benzene rings is 1. The summed E-state index contributed by atoms with van der Waals surface area (Å²) in [4.78, 5) is 11.1. The first-order chi connectivity index (χ1) is 8.67. The molecule has 0 aliphatic rings. The molecule has 5 nitrogen and oxygen atoms in total. The summed E-state index contributed by atoms with van der Waals surface area (Å²) >= 11 is 0. The van der Waals surface area contributed by atoms with Crippen LogP contribution >= 0.6 is 0 Å². The fraction of sp³-hybridized carbons (Fsp3) is 0.462. The van der Waals surface area contributed by atoms with Crippen molar-refractivity contribution >= 4 is 17.3 Å². The lowest BCUT2D eigenvalue weighted by Gasteiger charge is -2.10. The molecule has 18 heavy (non-hydrogen) atoms. The van der Waals surface area contributed by atoms with Gasteiger partial charge in [-0.3, -0.25) is 4.79 Å². The van der Waals surface area contributed by atoms with Crippen LogP contribution in [-0.2, 0) is 9.53 Å². The monoisotopic (exact) mass is 252 g/mol. The molecule has 1 aromatic rings. The normalized spacial score (nSPS) is 9.89. The van der Waals surface area contributed by atoms with E-state index in [2.05, 4.69) is 5.32 Å². The molecule has 0 heterocycles. The zero-order valence-corrected chi connectivity index (χ0v) is 10.9. The number of anilines is 2. The molecule has 100 valence electrons. The summed E-state index contributed by atoms with van der Waals surface area (Å²) in [5.41, 5.74) is 7.30. The van der Waals surface area contributed by atoms with Gasteiger partial charge in [-0.25, -0.2) is 0 Å². The molecule has 0 amide bonds. The quantitative estimate of drug-likeness (QED) is 0.441. The Balaban J connectivity index is 2.37. The van der Waals surface area contributed by atoms with Crippen LogP contribution in [0.5, 0.6) is 5.75 Å². The van der Waals surface area contributed by atoms with Gasteiger partial charge in [-0.1, -0.05) is 0 Å². The largest absolute Gasteiger partial charge is 0.497 e. The van der Waals surface area contributed by atoms with Gasteiger partial charge < -0.3 is 20.5 Å². The van der Waals surface area contributed by atoms with Gasteiger partial charge in [0, 0.05) is 19.0 Å². The van der Waals surface area contributed by atoms with Crippen molar-refractivity contribution in [1.82, 2.24) is 0 Å². The number of nitrogens with two attached hydrogens (primary N) is 1. The van der Waals surface area contributed by atoms with E-state index in [9.17, 15) is 4.79 Å². The molecule has 0 unspecified atom stereocenters. The van der Waals surface area contributed by atoms with Crippen molar-refractivity contribution in [1.29, 1.82) is 0 Å². The van der Waals surface area contributed by atoms with E-state index in [0.717, 1.165) is 11.4 Å². The van der Waals surface area contributed by atoms with Crippen molar-refractivity contribution in [3.63, 3.8) is 0 Å². The molecule has 3 N–H and O–H groups in total. The number of nitrogen functional groups attached to an aromatic ring is 1. The molecule has 1 aromatic carbocycles. The Labute approximate surface area is 107 Å². The Hall–Kier alpha value is -1.91. The van der Waals surface area contributed by atoms with Crippen molar-refractivity contribution in [2.75, 3.05) is 31.3 Å². The Morgan fingerprint density at radius 3 is 2.89 bits per heavy atom. The van der Waals surface area contributed by atoms with E-state index >= 15 is 0 Å². The van der Waals surface area contributed by atoms with Crippen molar-refractivity contribution in [2.45, 2.75) is 19.8 Å². The summed E-state index contributed by atoms with van der Waals surface area (Å²) < 4.78 is 9.96. The summed E-state index contributed by atoms with van der Waals surface area (Å²) in [5.74, 6) is 0.579. The molecular weight excluding hydrogens is 232 g/mol. The predicted molar refractivity (Wildman–Crippen MR) is 71.8 cm³/mol. The first kappa shape index (κ1) is 14.2. The maximum Gasteiger partial charge on any atom is 0.305 e. The third kappa shape index (κ3) is 4.53. The average Bonchev–Trinajstić information content (AvgIpc) is 2.37. The smallest absolute Gasteiger partial charge is 0.305 e. The van der Waals surface area contributed by atoms with Crippen molar-refractivity contribution in [3.8, 4) is 5.75 Å². The van der Waals surface area contributed by atoms with Crippen LogP contribution in [0.15, 0.2) is 18.2 Å². The molecular formula is C13H20N2O3. The molecule has 0 atom stereocenters. The van der Waals surface area contributed by atoms with Crippen molar-refractivity contribution in [2.24, 2.45) is 0 Å². The highest BCUT2D eigenvalue weighted by molar-refractivity contribution is 5.70. The first-order valence-corrected chi connectivity index (χ1v) is 6.00. The first-order valence-electron chi connectivity index (χ1n) is 6.00. The number of hydrogen-bond acceptors (Lipinski definition) is 5. The van der Waals surface area contributed by atoms with Crippen LogP contribution in [0.1, 0.15) is 19.8 Å². The molecule has 0 saturated heterocycles. The molecule has 0 spiro atoms. The number of esters is 1. The van der Waals surface area contributed by atoms with Gasteiger partial charge in [0.05, 0.1) is 25.1 Å². The molecule has 0 bridgehead atoms. The van der Waals surface area contributed by atoms with Crippen molar-refractivity contribution in [3.05, 3.63) is 18.2 Å². The van der Waals surface area contributed by atoms with Crippen LogP contribution in [0.25, 0.3) is 0 Å². The van der Waals surface area contributed by atoms with Gasteiger partial charge in [-0.15, -0.1) is 0 Å². The molecule has 0 aliphatic heterocycles. The van der Waals surface area contributed by atoms with Crippen molar-refractivity contribution < 1.29 is 14.3 Å².